The number of aliphatic hydroxyl groups excluding tert-OH is 2. The van der Waals surface area contributed by atoms with E-state index in [2.05, 4.69) is 26.7 Å². The zero-order valence-electron chi connectivity index (χ0n) is 16.7. The summed E-state index contributed by atoms with van der Waals surface area (Å²) in [5, 5.41) is 35.2. The van der Waals surface area contributed by atoms with Gasteiger partial charge in [-0.05, 0) is 13.0 Å². The van der Waals surface area contributed by atoms with E-state index in [9.17, 15) is 20.3 Å². The fourth-order valence-electron chi connectivity index (χ4n) is 3.64. The first-order chi connectivity index (χ1) is 13.9. The third-order valence-electron chi connectivity index (χ3n) is 5.47. The minimum absolute atomic E-state index is 0.112. The van der Waals surface area contributed by atoms with Crippen LogP contribution in [0.15, 0.2) is 12.5 Å². The third kappa shape index (κ3) is 3.95. The zero-order chi connectivity index (χ0) is 21.1. The molecule has 10 heteroatoms. The van der Waals surface area contributed by atoms with Crippen molar-refractivity contribution in [2.75, 3.05) is 19.0 Å². The number of carbonyl (C=O) groups excluding carboxylic acids is 1. The van der Waals surface area contributed by atoms with Gasteiger partial charge in [-0.15, -0.1) is 0 Å². The van der Waals surface area contributed by atoms with Crippen molar-refractivity contribution >= 4 is 22.8 Å². The van der Waals surface area contributed by atoms with Gasteiger partial charge in [-0.25, -0.2) is 9.97 Å². The molecule has 0 saturated carbocycles. The van der Waals surface area contributed by atoms with Gasteiger partial charge in [-0.1, -0.05) is 20.3 Å². The number of aromatic nitrogens is 3. The predicted molar refractivity (Wildman–Crippen MR) is 105 cm³/mol. The molecule has 2 aromatic heterocycles. The maximum absolute atomic E-state index is 12.8. The van der Waals surface area contributed by atoms with Crippen LogP contribution in [0.4, 0.5) is 5.82 Å². The summed E-state index contributed by atoms with van der Waals surface area (Å²) in [4.78, 5) is 21.2. The Balaban J connectivity index is 1.98. The number of ether oxygens (including phenoxy) is 1. The molecule has 3 heterocycles. The second kappa shape index (κ2) is 8.84. The van der Waals surface area contributed by atoms with Gasteiger partial charge < -0.3 is 30.2 Å². The van der Waals surface area contributed by atoms with E-state index < -0.39 is 24.5 Å². The van der Waals surface area contributed by atoms with Crippen molar-refractivity contribution in [3.63, 3.8) is 0 Å². The number of fused-ring (bicyclic) bond motifs is 1. The lowest BCUT2D eigenvalue weighted by Gasteiger charge is -2.21. The Bertz CT molecular complexity index is 923. The number of likely N-dealkylation sites (N-methyl/N-ethyl adjacent to an activating group) is 1. The molecule has 4 N–H and O–H groups in total. The van der Waals surface area contributed by atoms with E-state index in [1.807, 2.05) is 13.8 Å². The van der Waals surface area contributed by atoms with Crippen molar-refractivity contribution in [2.45, 2.75) is 51.2 Å². The lowest BCUT2D eigenvalue weighted by molar-refractivity contribution is -0.119. The Morgan fingerprint density at radius 1 is 1.52 bits per heavy atom. The van der Waals surface area contributed by atoms with Crippen molar-refractivity contribution in [1.29, 1.82) is 5.26 Å². The molecule has 3 rings (SSSR count). The van der Waals surface area contributed by atoms with Gasteiger partial charge in [0.25, 0.3) is 0 Å². The van der Waals surface area contributed by atoms with Crippen LogP contribution in [-0.2, 0) is 9.53 Å². The molecular formula is C19H26N6O4. The minimum Gasteiger partial charge on any atom is -0.394 e. The third-order valence-corrected chi connectivity index (χ3v) is 5.47. The molecule has 0 spiro atoms. The SMILES string of the molecule is CCC(C)C(NC)C(=O)Nc1ncnc2c1c(C#N)cn2[C@H]1C[C@@H](O)[C@@H](CO)O1. The average molecular weight is 402 g/mol. The van der Waals surface area contributed by atoms with Gasteiger partial charge in [0.1, 0.15) is 36.2 Å². The molecule has 1 amide bonds. The normalized spacial score (nSPS) is 23.7. The van der Waals surface area contributed by atoms with Crippen LogP contribution in [0.5, 0.6) is 0 Å². The maximum Gasteiger partial charge on any atom is 0.242 e. The van der Waals surface area contributed by atoms with E-state index >= 15 is 0 Å². The van der Waals surface area contributed by atoms with Crippen LogP contribution in [-0.4, -0.2) is 62.6 Å². The van der Waals surface area contributed by atoms with E-state index in [1.54, 1.807) is 17.8 Å². The summed E-state index contributed by atoms with van der Waals surface area (Å²) in [6, 6.07) is 1.70. The number of anilines is 1. The second-order valence-corrected chi connectivity index (χ2v) is 7.24. The van der Waals surface area contributed by atoms with Gasteiger partial charge in [0.2, 0.25) is 5.91 Å². The van der Waals surface area contributed by atoms with Crippen LogP contribution in [0.1, 0.15) is 38.5 Å². The predicted octanol–water partition coefficient (Wildman–Crippen LogP) is 0.516. The second-order valence-electron chi connectivity index (χ2n) is 7.24. The van der Waals surface area contributed by atoms with Gasteiger partial charge in [0.05, 0.1) is 29.7 Å². The van der Waals surface area contributed by atoms with Crippen LogP contribution in [0.2, 0.25) is 0 Å². The Labute approximate surface area is 168 Å². The molecule has 2 unspecified atom stereocenters. The molecule has 156 valence electrons. The van der Waals surface area contributed by atoms with Crippen LogP contribution in [0.25, 0.3) is 11.0 Å². The maximum atomic E-state index is 12.8. The number of nitriles is 1. The first-order valence-corrected chi connectivity index (χ1v) is 9.63. The van der Waals surface area contributed by atoms with Crippen molar-refractivity contribution in [2.24, 2.45) is 5.92 Å². The zero-order valence-corrected chi connectivity index (χ0v) is 16.7. The first kappa shape index (κ1) is 21.1. The number of carbonyl (C=O) groups is 1. The molecule has 0 bridgehead atoms. The summed E-state index contributed by atoms with van der Waals surface area (Å²) >= 11 is 0. The highest BCUT2D eigenvalue weighted by Gasteiger charge is 2.36. The van der Waals surface area contributed by atoms with E-state index in [-0.39, 0.29) is 36.2 Å². The number of amides is 1. The first-order valence-electron chi connectivity index (χ1n) is 9.63. The highest BCUT2D eigenvalue weighted by atomic mass is 16.5. The number of aliphatic hydroxyl groups is 2. The van der Waals surface area contributed by atoms with Crippen molar-refractivity contribution in [3.05, 3.63) is 18.1 Å². The van der Waals surface area contributed by atoms with E-state index in [0.29, 0.717) is 11.0 Å². The van der Waals surface area contributed by atoms with Gasteiger partial charge >= 0.3 is 0 Å². The molecule has 10 nitrogen and oxygen atoms in total. The summed E-state index contributed by atoms with van der Waals surface area (Å²) in [6.07, 6.45) is 1.85. The van der Waals surface area contributed by atoms with Gasteiger partial charge in [0, 0.05) is 12.6 Å². The summed E-state index contributed by atoms with van der Waals surface area (Å²) in [5.74, 6) is 0.114. The minimum atomic E-state index is -0.819. The number of nitrogens with one attached hydrogen (secondary N) is 2. The van der Waals surface area contributed by atoms with E-state index in [1.165, 1.54) is 6.33 Å². The molecule has 1 saturated heterocycles. The Kier molecular flexibility index (Phi) is 6.44. The Morgan fingerprint density at radius 3 is 2.86 bits per heavy atom. The summed E-state index contributed by atoms with van der Waals surface area (Å²) in [5.41, 5.74) is 0.693. The fraction of sp³-hybridized carbons (Fsp3) is 0.579. The standard InChI is InChI=1S/C19H26N6O4/c1-4-10(2)16(21-3)19(28)24-17-15-11(6-20)7-25(18(15)23-9-22-17)14-5-12(27)13(8-26)29-14/h7,9-10,12-14,16,21,26-27H,4-5,8H2,1-3H3,(H,22,23,24,28)/t10?,12-,13-,14-,16?/m1/s1. The van der Waals surface area contributed by atoms with Crippen LogP contribution >= 0.6 is 0 Å². The van der Waals surface area contributed by atoms with Crippen LogP contribution < -0.4 is 10.6 Å². The van der Waals surface area contributed by atoms with E-state index in [4.69, 9.17) is 4.74 Å². The molecule has 1 aliphatic rings. The van der Waals surface area contributed by atoms with E-state index in [0.717, 1.165) is 6.42 Å². The van der Waals surface area contributed by atoms with Crippen molar-refractivity contribution in [1.82, 2.24) is 19.9 Å². The fourth-order valence-corrected chi connectivity index (χ4v) is 3.64. The Hall–Kier alpha value is -2.58. The summed E-state index contributed by atoms with van der Waals surface area (Å²) < 4.78 is 7.33. The van der Waals surface area contributed by atoms with Gasteiger partial charge in [-0.2, -0.15) is 5.26 Å². The quantitative estimate of drug-likeness (QED) is 0.524. The summed E-state index contributed by atoms with van der Waals surface area (Å²) in [7, 11) is 1.73. The molecule has 0 radical (unpaired) electrons. The molecular weight excluding hydrogens is 376 g/mol. The lowest BCUT2D eigenvalue weighted by Crippen LogP contribution is -2.43. The topological polar surface area (TPSA) is 145 Å². The average Bonchev–Trinajstić information content (AvgIpc) is 3.28. The summed E-state index contributed by atoms with van der Waals surface area (Å²) in [6.45, 7) is 3.68. The molecule has 0 aliphatic carbocycles. The molecule has 5 atom stereocenters. The number of hydrogen-bond donors (Lipinski definition) is 4. The van der Waals surface area contributed by atoms with Crippen molar-refractivity contribution < 1.29 is 19.7 Å². The number of nitrogens with zero attached hydrogens (tertiary/aromatic N) is 4. The van der Waals surface area contributed by atoms with Crippen molar-refractivity contribution in [3.8, 4) is 6.07 Å². The molecule has 2 aromatic rings. The number of hydrogen-bond acceptors (Lipinski definition) is 8. The molecule has 0 aromatic carbocycles. The lowest BCUT2D eigenvalue weighted by atomic mass is 9.98. The Morgan fingerprint density at radius 2 is 2.28 bits per heavy atom. The monoisotopic (exact) mass is 402 g/mol. The van der Waals surface area contributed by atoms with Crippen LogP contribution in [0, 0.1) is 17.2 Å². The highest BCUT2D eigenvalue weighted by molar-refractivity contribution is 6.03. The molecule has 1 fully saturated rings. The highest BCUT2D eigenvalue weighted by Crippen LogP contribution is 2.34. The number of rotatable bonds is 7. The van der Waals surface area contributed by atoms with Gasteiger partial charge in [0.15, 0.2) is 0 Å². The largest absolute Gasteiger partial charge is 0.394 e. The smallest absolute Gasteiger partial charge is 0.242 e. The van der Waals surface area contributed by atoms with Crippen LogP contribution in [0.3, 0.4) is 0 Å². The molecule has 1 aliphatic heterocycles. The van der Waals surface area contributed by atoms with Gasteiger partial charge in [-0.3, -0.25) is 4.79 Å². The molecule has 29 heavy (non-hydrogen) atoms.